The Morgan fingerprint density at radius 2 is 1.59 bits per heavy atom. The zero-order valence-corrected chi connectivity index (χ0v) is 23.0. The summed E-state index contributed by atoms with van der Waals surface area (Å²) < 4.78 is 44.3. The van der Waals surface area contributed by atoms with Gasteiger partial charge in [0.15, 0.2) is 0 Å². The summed E-state index contributed by atoms with van der Waals surface area (Å²) in [5.41, 5.74) is 2.98. The zero-order chi connectivity index (χ0) is 28.8. The third-order valence-electron chi connectivity index (χ3n) is 7.29. The van der Waals surface area contributed by atoms with Crippen molar-refractivity contribution in [2.75, 3.05) is 46.4 Å². The fraction of sp³-hybridized carbons (Fsp3) is 0.312. The number of rotatable bonds is 9. The molecule has 1 aliphatic heterocycles. The van der Waals surface area contributed by atoms with Crippen LogP contribution in [-0.4, -0.2) is 72.0 Å². The molecule has 6 nitrogen and oxygen atoms in total. The van der Waals surface area contributed by atoms with Gasteiger partial charge in [0.1, 0.15) is 12.4 Å². The highest BCUT2D eigenvalue weighted by Gasteiger charge is 2.30. The molecule has 0 spiro atoms. The number of ether oxygens (including phenoxy) is 1. The van der Waals surface area contributed by atoms with E-state index in [2.05, 4.69) is 58.2 Å². The first-order valence-corrected chi connectivity index (χ1v) is 13.7. The van der Waals surface area contributed by atoms with Gasteiger partial charge in [0.2, 0.25) is 0 Å². The minimum atomic E-state index is -4.41. The van der Waals surface area contributed by atoms with Gasteiger partial charge in [0.25, 0.3) is 5.91 Å². The summed E-state index contributed by atoms with van der Waals surface area (Å²) in [4.78, 5) is 23.3. The van der Waals surface area contributed by atoms with Crippen LogP contribution in [0.5, 0.6) is 5.75 Å². The second kappa shape index (κ2) is 12.7. The summed E-state index contributed by atoms with van der Waals surface area (Å²) >= 11 is 0. The van der Waals surface area contributed by atoms with Gasteiger partial charge in [-0.25, -0.2) is 0 Å². The van der Waals surface area contributed by atoms with Crippen LogP contribution in [-0.2, 0) is 19.3 Å². The molecule has 0 bridgehead atoms. The number of hydrogen-bond donors (Lipinski definition) is 0. The second-order valence-electron chi connectivity index (χ2n) is 10.4. The molecule has 0 aliphatic carbocycles. The lowest BCUT2D eigenvalue weighted by Crippen LogP contribution is -2.49. The molecule has 1 aliphatic rings. The van der Waals surface area contributed by atoms with Gasteiger partial charge in [-0.05, 0) is 72.8 Å². The quantitative estimate of drug-likeness (QED) is 0.261. The van der Waals surface area contributed by atoms with Crippen molar-refractivity contribution in [3.05, 3.63) is 107 Å². The smallest absolute Gasteiger partial charge is 0.416 e. The molecule has 0 unspecified atom stereocenters. The van der Waals surface area contributed by atoms with Crippen LogP contribution >= 0.6 is 0 Å². The van der Waals surface area contributed by atoms with Crippen LogP contribution in [0.1, 0.15) is 27.0 Å². The Morgan fingerprint density at radius 1 is 0.902 bits per heavy atom. The Morgan fingerprint density at radius 3 is 2.29 bits per heavy atom. The highest BCUT2D eigenvalue weighted by Crippen LogP contribution is 2.29. The maximum atomic E-state index is 12.8. The van der Waals surface area contributed by atoms with E-state index in [1.807, 2.05) is 24.4 Å². The fourth-order valence-corrected chi connectivity index (χ4v) is 5.05. The van der Waals surface area contributed by atoms with Crippen LogP contribution in [0, 0.1) is 0 Å². The standard InChI is InChI=1S/C32H33F3N4O2/c1-37(23-25-6-13-30-27(21-25)3-2-14-36-30)22-24-4-11-29(12-5-24)41-20-19-38-15-17-39(18-16-38)31(40)26-7-9-28(10-8-26)32(33,34)35/h2-14,21H,15-20,22-23H2,1H3. The van der Waals surface area contributed by atoms with Gasteiger partial charge in [-0.15, -0.1) is 0 Å². The molecule has 214 valence electrons. The summed E-state index contributed by atoms with van der Waals surface area (Å²) in [6, 6.07) is 23.0. The van der Waals surface area contributed by atoms with E-state index in [1.54, 1.807) is 4.90 Å². The Labute approximate surface area is 238 Å². The van der Waals surface area contributed by atoms with Crippen LogP contribution in [0.15, 0.2) is 85.1 Å². The molecule has 1 amide bonds. The van der Waals surface area contributed by atoms with Gasteiger partial charge in [-0.2, -0.15) is 13.2 Å². The van der Waals surface area contributed by atoms with Crippen molar-refractivity contribution < 1.29 is 22.7 Å². The average molecular weight is 563 g/mol. The number of benzene rings is 3. The number of alkyl halides is 3. The topological polar surface area (TPSA) is 48.9 Å². The maximum absolute atomic E-state index is 12.8. The Kier molecular flexibility index (Phi) is 8.85. The number of pyridine rings is 1. The minimum absolute atomic E-state index is 0.241. The second-order valence-corrected chi connectivity index (χ2v) is 10.4. The Balaban J connectivity index is 1.02. The number of piperazine rings is 1. The summed E-state index contributed by atoms with van der Waals surface area (Å²) in [7, 11) is 2.11. The fourth-order valence-electron chi connectivity index (χ4n) is 5.05. The van der Waals surface area contributed by atoms with E-state index in [0.29, 0.717) is 32.8 Å². The average Bonchev–Trinajstić information content (AvgIpc) is 2.97. The largest absolute Gasteiger partial charge is 0.492 e. The number of carbonyl (C=O) groups excluding carboxylic acids is 1. The third-order valence-corrected chi connectivity index (χ3v) is 7.29. The molecular formula is C32H33F3N4O2. The predicted molar refractivity (Wildman–Crippen MR) is 153 cm³/mol. The van der Waals surface area contributed by atoms with Crippen LogP contribution in [0.25, 0.3) is 10.9 Å². The number of hydrogen-bond acceptors (Lipinski definition) is 5. The van der Waals surface area contributed by atoms with Crippen LogP contribution in [0.2, 0.25) is 0 Å². The van der Waals surface area contributed by atoms with Gasteiger partial charge >= 0.3 is 6.18 Å². The van der Waals surface area contributed by atoms with Gasteiger partial charge < -0.3 is 9.64 Å². The van der Waals surface area contributed by atoms with Crippen molar-refractivity contribution in [1.82, 2.24) is 19.7 Å². The molecule has 1 aromatic heterocycles. The van der Waals surface area contributed by atoms with Crippen LogP contribution < -0.4 is 4.74 Å². The third kappa shape index (κ3) is 7.62. The van der Waals surface area contributed by atoms with Crippen molar-refractivity contribution >= 4 is 16.8 Å². The molecule has 0 atom stereocenters. The Hall–Kier alpha value is -3.95. The minimum Gasteiger partial charge on any atom is -0.492 e. The van der Waals surface area contributed by atoms with E-state index in [4.69, 9.17) is 4.74 Å². The van der Waals surface area contributed by atoms with E-state index < -0.39 is 11.7 Å². The van der Waals surface area contributed by atoms with Crippen molar-refractivity contribution in [1.29, 1.82) is 0 Å². The monoisotopic (exact) mass is 562 g/mol. The molecule has 0 radical (unpaired) electrons. The molecule has 9 heteroatoms. The van der Waals surface area contributed by atoms with Gasteiger partial charge in [0, 0.05) is 63.0 Å². The van der Waals surface area contributed by atoms with Crippen molar-refractivity contribution in [3.63, 3.8) is 0 Å². The van der Waals surface area contributed by atoms with E-state index in [9.17, 15) is 18.0 Å². The van der Waals surface area contributed by atoms with Crippen molar-refractivity contribution in [3.8, 4) is 5.75 Å². The predicted octanol–water partition coefficient (Wildman–Crippen LogP) is 5.72. The summed E-state index contributed by atoms with van der Waals surface area (Å²) in [6.45, 7) is 5.35. The Bertz CT molecular complexity index is 1450. The zero-order valence-electron chi connectivity index (χ0n) is 23.0. The lowest BCUT2D eigenvalue weighted by molar-refractivity contribution is -0.137. The van der Waals surface area contributed by atoms with Crippen molar-refractivity contribution in [2.45, 2.75) is 19.3 Å². The van der Waals surface area contributed by atoms with Gasteiger partial charge in [-0.1, -0.05) is 24.3 Å². The van der Waals surface area contributed by atoms with Crippen molar-refractivity contribution in [2.24, 2.45) is 0 Å². The number of carbonyl (C=O) groups is 1. The molecule has 1 saturated heterocycles. The molecule has 2 heterocycles. The maximum Gasteiger partial charge on any atom is 0.416 e. The van der Waals surface area contributed by atoms with E-state index in [0.717, 1.165) is 48.4 Å². The lowest BCUT2D eigenvalue weighted by Gasteiger charge is -2.34. The number of amides is 1. The summed E-state index contributed by atoms with van der Waals surface area (Å²) in [5.74, 6) is 0.574. The number of aromatic nitrogens is 1. The molecule has 41 heavy (non-hydrogen) atoms. The molecule has 1 fully saturated rings. The number of fused-ring (bicyclic) bond motifs is 1. The molecule has 0 N–H and O–H groups in total. The lowest BCUT2D eigenvalue weighted by atomic mass is 10.1. The normalized spacial score (nSPS) is 14.5. The molecule has 5 rings (SSSR count). The first kappa shape index (κ1) is 28.6. The van der Waals surface area contributed by atoms with Crippen LogP contribution in [0.3, 0.4) is 0 Å². The summed E-state index contributed by atoms with van der Waals surface area (Å²) in [6.07, 6.45) is -2.60. The van der Waals surface area contributed by atoms with E-state index in [-0.39, 0.29) is 11.5 Å². The van der Waals surface area contributed by atoms with Crippen LogP contribution in [0.4, 0.5) is 13.2 Å². The molecule has 0 saturated carbocycles. The molecule has 3 aromatic carbocycles. The molecular weight excluding hydrogens is 529 g/mol. The highest BCUT2D eigenvalue weighted by atomic mass is 19.4. The highest BCUT2D eigenvalue weighted by molar-refractivity contribution is 5.94. The van der Waals surface area contributed by atoms with E-state index in [1.165, 1.54) is 23.3 Å². The van der Waals surface area contributed by atoms with Gasteiger partial charge in [-0.3, -0.25) is 19.6 Å². The van der Waals surface area contributed by atoms with Gasteiger partial charge in [0.05, 0.1) is 11.1 Å². The number of halogens is 3. The SMILES string of the molecule is CN(Cc1ccc(OCCN2CCN(C(=O)c3ccc(C(F)(F)F)cc3)CC2)cc1)Cc1ccc2ncccc2c1. The molecule has 4 aromatic rings. The summed E-state index contributed by atoms with van der Waals surface area (Å²) in [5, 5.41) is 1.15. The first-order valence-electron chi connectivity index (χ1n) is 13.7. The van der Waals surface area contributed by atoms with E-state index >= 15 is 0 Å². The number of nitrogens with zero attached hydrogens (tertiary/aromatic N) is 4. The first-order chi connectivity index (χ1) is 19.7.